The van der Waals surface area contributed by atoms with Crippen LogP contribution in [-0.2, 0) is 32.7 Å². The highest BCUT2D eigenvalue weighted by Gasteiger charge is 2.37. The van der Waals surface area contributed by atoms with E-state index in [0.717, 1.165) is 38.9 Å². The van der Waals surface area contributed by atoms with Crippen LogP contribution < -0.4 is 15.4 Å². The molecule has 2 heterocycles. The van der Waals surface area contributed by atoms with Gasteiger partial charge in [-0.3, -0.25) is 9.59 Å². The highest BCUT2D eigenvalue weighted by Crippen LogP contribution is 2.40. The molecule has 11 nitrogen and oxygen atoms in total. The third-order valence-corrected chi connectivity index (χ3v) is 11.3. The molecule has 5 rings (SSSR count). The summed E-state index contributed by atoms with van der Waals surface area (Å²) in [7, 11) is -3.85. The number of aromatic nitrogens is 3. The first-order chi connectivity index (χ1) is 23.3. The fraction of sp³-hybridized carbons (Fsp3) is 0.459. The van der Waals surface area contributed by atoms with Gasteiger partial charge in [0.1, 0.15) is 22.3 Å². The molecular weight excluding hydrogens is 641 g/mol. The summed E-state index contributed by atoms with van der Waals surface area (Å²) in [6, 6.07) is 17.1. The summed E-state index contributed by atoms with van der Waals surface area (Å²) in [5.74, 6) is -0.196. The largest absolute Gasteiger partial charge is 0.488 e. The van der Waals surface area contributed by atoms with Gasteiger partial charge in [-0.15, -0.1) is 5.10 Å². The number of sulfonamides is 1. The zero-order chi connectivity index (χ0) is 35.5. The van der Waals surface area contributed by atoms with E-state index in [-0.39, 0.29) is 48.2 Å². The molecule has 49 heavy (non-hydrogen) atoms. The quantitative estimate of drug-likeness (QED) is 0.191. The molecule has 0 fully saturated rings. The van der Waals surface area contributed by atoms with Gasteiger partial charge >= 0.3 is 0 Å². The number of ether oxygens (including phenoxy) is 1. The van der Waals surface area contributed by atoms with Gasteiger partial charge in [-0.1, -0.05) is 48.5 Å². The van der Waals surface area contributed by atoms with Crippen LogP contribution in [0.1, 0.15) is 87.6 Å². The number of benzene rings is 3. The Bertz CT molecular complexity index is 1950. The smallest absolute Gasteiger partial charge is 0.247 e. The number of aryl methyl sites for hydroxylation is 3. The van der Waals surface area contributed by atoms with E-state index in [9.17, 15) is 18.0 Å². The van der Waals surface area contributed by atoms with Gasteiger partial charge in [-0.2, -0.15) is 4.31 Å². The molecule has 2 amide bonds. The predicted octanol–water partition coefficient (Wildman–Crippen LogP) is 5.37. The molecule has 0 saturated heterocycles. The van der Waals surface area contributed by atoms with Crippen molar-refractivity contribution in [3.63, 3.8) is 0 Å². The maximum atomic E-state index is 14.0. The minimum Gasteiger partial charge on any atom is -0.488 e. The topological polar surface area (TPSA) is 136 Å². The average Bonchev–Trinajstić information content (AvgIpc) is 3.44. The third-order valence-electron chi connectivity index (χ3n) is 9.41. The summed E-state index contributed by atoms with van der Waals surface area (Å²) in [5.41, 5.74) is 5.68. The van der Waals surface area contributed by atoms with Crippen LogP contribution in [0.5, 0.6) is 5.75 Å². The maximum absolute atomic E-state index is 14.0. The van der Waals surface area contributed by atoms with Gasteiger partial charge in [0.15, 0.2) is 0 Å². The van der Waals surface area contributed by atoms with Crippen molar-refractivity contribution in [2.24, 2.45) is 0 Å². The van der Waals surface area contributed by atoms with Crippen LogP contribution in [0.15, 0.2) is 59.5 Å². The predicted molar refractivity (Wildman–Crippen MR) is 190 cm³/mol. The summed E-state index contributed by atoms with van der Waals surface area (Å²) < 4.78 is 37.6. The number of para-hydroxylation sites is 1. The first-order valence-corrected chi connectivity index (χ1v) is 18.4. The minimum absolute atomic E-state index is 0.122. The monoisotopic (exact) mass is 688 g/mol. The number of nitrogens with zero attached hydrogens (tertiary/aromatic N) is 4. The Labute approximate surface area is 289 Å². The standard InChI is InChI=1S/C37H48N6O5S/c1-8-29-23-42(49(46,47)33-14-11-10-13-32(33)48-29)22-28-21-27(17-16-24(28)3)35(37(6,7)39-34(45)15-12-20-38-26(5)44)30-18-19-31-36(25(30)4)40-41-43(31)9-2/h10-11,13-14,16-19,21,29,35H,8-9,12,15,20,22-23H2,1-7H3,(H,38,44)(H,39,45)/t29-,35+/m1/s1. The van der Waals surface area contributed by atoms with Gasteiger partial charge < -0.3 is 15.4 Å². The average molecular weight is 689 g/mol. The zero-order valence-electron chi connectivity index (χ0n) is 29.5. The molecule has 4 aromatic rings. The van der Waals surface area contributed by atoms with E-state index >= 15 is 0 Å². The lowest BCUT2D eigenvalue weighted by atomic mass is 9.74. The van der Waals surface area contributed by atoms with E-state index in [4.69, 9.17) is 4.74 Å². The number of rotatable bonds is 12. The van der Waals surface area contributed by atoms with Crippen molar-refractivity contribution in [3.8, 4) is 5.75 Å². The van der Waals surface area contributed by atoms with Gasteiger partial charge in [0.05, 0.1) is 12.1 Å². The van der Waals surface area contributed by atoms with Gasteiger partial charge in [0.25, 0.3) is 0 Å². The molecule has 0 radical (unpaired) electrons. The molecule has 2 atom stereocenters. The molecule has 0 bridgehead atoms. The van der Waals surface area contributed by atoms with Crippen LogP contribution in [0.2, 0.25) is 0 Å². The SMILES string of the molecule is CC[C@@H]1CN(Cc2cc([C@@H](c3ccc4c(nnn4CC)c3C)C(C)(C)NC(=O)CCCNC(C)=O)ccc2C)S(=O)(=O)c2ccccc2O1. The lowest BCUT2D eigenvalue weighted by molar-refractivity contribution is -0.123. The van der Waals surface area contributed by atoms with E-state index in [1.54, 1.807) is 24.3 Å². The first-order valence-electron chi connectivity index (χ1n) is 17.0. The van der Waals surface area contributed by atoms with Crippen LogP contribution in [-0.4, -0.2) is 64.3 Å². The molecular formula is C37H48N6O5S. The van der Waals surface area contributed by atoms with Crippen LogP contribution >= 0.6 is 0 Å². The third kappa shape index (κ3) is 7.65. The van der Waals surface area contributed by atoms with Crippen molar-refractivity contribution in [2.45, 2.75) is 103 Å². The van der Waals surface area contributed by atoms with E-state index in [1.165, 1.54) is 11.2 Å². The van der Waals surface area contributed by atoms with Crippen molar-refractivity contribution in [3.05, 3.63) is 82.4 Å². The summed E-state index contributed by atoms with van der Waals surface area (Å²) >= 11 is 0. The Balaban J connectivity index is 1.56. The molecule has 0 unspecified atom stereocenters. The van der Waals surface area contributed by atoms with Crippen LogP contribution in [0, 0.1) is 13.8 Å². The number of hydrogen-bond donors (Lipinski definition) is 2. The summed E-state index contributed by atoms with van der Waals surface area (Å²) in [6.07, 6.45) is 1.14. The van der Waals surface area contributed by atoms with E-state index in [0.29, 0.717) is 31.7 Å². The second-order valence-corrected chi connectivity index (χ2v) is 15.3. The highest BCUT2D eigenvalue weighted by molar-refractivity contribution is 7.89. The fourth-order valence-corrected chi connectivity index (χ4v) is 8.33. The zero-order valence-corrected chi connectivity index (χ0v) is 30.4. The molecule has 1 aliphatic rings. The maximum Gasteiger partial charge on any atom is 0.247 e. The molecule has 2 N–H and O–H groups in total. The lowest BCUT2D eigenvalue weighted by Gasteiger charge is -2.37. The van der Waals surface area contributed by atoms with Crippen molar-refractivity contribution in [2.75, 3.05) is 13.1 Å². The Morgan fingerprint density at radius 1 is 1.08 bits per heavy atom. The van der Waals surface area contributed by atoms with E-state index in [2.05, 4.69) is 39.1 Å². The molecule has 1 aromatic heterocycles. The Morgan fingerprint density at radius 3 is 2.55 bits per heavy atom. The van der Waals surface area contributed by atoms with Gasteiger partial charge in [-0.05, 0) is 93.5 Å². The molecule has 12 heteroatoms. The second-order valence-electron chi connectivity index (χ2n) is 13.4. The van der Waals surface area contributed by atoms with Crippen molar-refractivity contribution >= 4 is 32.9 Å². The number of carbonyl (C=O) groups excluding carboxylic acids is 2. The molecule has 262 valence electrons. The fourth-order valence-electron chi connectivity index (χ4n) is 6.76. The van der Waals surface area contributed by atoms with Gasteiger partial charge in [0, 0.05) is 44.4 Å². The highest BCUT2D eigenvalue weighted by atomic mass is 32.2. The lowest BCUT2D eigenvalue weighted by Crippen LogP contribution is -2.48. The van der Waals surface area contributed by atoms with Crippen LogP contribution in [0.4, 0.5) is 0 Å². The Morgan fingerprint density at radius 2 is 1.84 bits per heavy atom. The van der Waals surface area contributed by atoms with Gasteiger partial charge in [-0.25, -0.2) is 13.1 Å². The molecule has 0 saturated carbocycles. The molecule has 3 aromatic carbocycles. The molecule has 0 aliphatic carbocycles. The molecule has 1 aliphatic heterocycles. The normalized spacial score (nSPS) is 16.8. The number of nitrogens with one attached hydrogen (secondary N) is 2. The Hall–Kier alpha value is -4.29. The van der Waals surface area contributed by atoms with Crippen LogP contribution in [0.25, 0.3) is 11.0 Å². The minimum atomic E-state index is -3.85. The first kappa shape index (κ1) is 36.0. The summed E-state index contributed by atoms with van der Waals surface area (Å²) in [4.78, 5) is 24.8. The van der Waals surface area contributed by atoms with Gasteiger partial charge in [0.2, 0.25) is 21.8 Å². The van der Waals surface area contributed by atoms with E-state index in [1.807, 2.05) is 58.4 Å². The second kappa shape index (κ2) is 14.7. The van der Waals surface area contributed by atoms with Crippen molar-refractivity contribution in [1.82, 2.24) is 29.9 Å². The molecule has 0 spiro atoms. The number of carbonyl (C=O) groups is 2. The van der Waals surface area contributed by atoms with Crippen molar-refractivity contribution < 1.29 is 22.7 Å². The summed E-state index contributed by atoms with van der Waals surface area (Å²) in [5, 5.41) is 14.9. The van der Waals surface area contributed by atoms with E-state index < -0.39 is 15.6 Å². The van der Waals surface area contributed by atoms with Crippen molar-refractivity contribution in [1.29, 1.82) is 0 Å². The summed E-state index contributed by atoms with van der Waals surface area (Å²) in [6.45, 7) is 15.0. The number of hydrogen-bond acceptors (Lipinski definition) is 7. The number of fused-ring (bicyclic) bond motifs is 2. The number of amides is 2. The Kier molecular flexibility index (Phi) is 10.8. The van der Waals surface area contributed by atoms with Crippen LogP contribution in [0.3, 0.4) is 0 Å².